The third-order valence-electron chi connectivity index (χ3n) is 5.89. The lowest BCUT2D eigenvalue weighted by atomic mass is 10.1. The fourth-order valence-electron chi connectivity index (χ4n) is 4.31. The van der Waals surface area contributed by atoms with Gasteiger partial charge in [-0.25, -0.2) is 18.7 Å². The molecule has 3 heterocycles. The van der Waals surface area contributed by atoms with Crippen LogP contribution >= 0.6 is 22.7 Å². The van der Waals surface area contributed by atoms with Crippen molar-refractivity contribution in [1.29, 1.82) is 0 Å². The summed E-state index contributed by atoms with van der Waals surface area (Å²) in [5.41, 5.74) is 14.4. The third kappa shape index (κ3) is 5.02. The van der Waals surface area contributed by atoms with E-state index in [0.29, 0.717) is 58.6 Å². The number of aromatic nitrogens is 2. The van der Waals surface area contributed by atoms with Crippen LogP contribution in [-0.2, 0) is 16.0 Å². The fourth-order valence-corrected chi connectivity index (χ4v) is 6.13. The van der Waals surface area contributed by atoms with Gasteiger partial charge in [0.2, 0.25) is 11.8 Å². The van der Waals surface area contributed by atoms with Crippen molar-refractivity contribution in [3.8, 4) is 22.5 Å². The van der Waals surface area contributed by atoms with Crippen LogP contribution in [0.4, 0.5) is 30.4 Å². The van der Waals surface area contributed by atoms with Gasteiger partial charge < -0.3 is 21.7 Å². The quantitative estimate of drug-likeness (QED) is 0.314. The van der Waals surface area contributed by atoms with E-state index < -0.39 is 11.6 Å². The zero-order chi connectivity index (χ0) is 26.3. The molecule has 5 rings (SSSR count). The van der Waals surface area contributed by atoms with E-state index >= 15 is 4.39 Å². The summed E-state index contributed by atoms with van der Waals surface area (Å²) < 4.78 is 29.6. The van der Waals surface area contributed by atoms with Crippen LogP contribution in [-0.4, -0.2) is 28.3 Å². The van der Waals surface area contributed by atoms with Gasteiger partial charge in [-0.05, 0) is 30.7 Å². The molecular formula is C25H22F2N6O2S2. The summed E-state index contributed by atoms with van der Waals surface area (Å²) in [5.74, 6) is -1.58. The molecule has 0 aliphatic carbocycles. The number of hydrogen-bond donors (Lipinski definition) is 3. The molecule has 12 heteroatoms. The van der Waals surface area contributed by atoms with Crippen LogP contribution in [0.15, 0.2) is 36.4 Å². The van der Waals surface area contributed by atoms with E-state index in [-0.39, 0.29) is 23.2 Å². The summed E-state index contributed by atoms with van der Waals surface area (Å²) in [6.07, 6.45) is 1.46. The average Bonchev–Trinajstić information content (AvgIpc) is 3.53. The molecule has 190 valence electrons. The molecule has 0 spiro atoms. The first-order valence-electron chi connectivity index (χ1n) is 11.4. The molecule has 0 saturated carbocycles. The molecule has 0 atom stereocenters. The molecule has 0 bridgehead atoms. The first kappa shape index (κ1) is 24.8. The Morgan fingerprint density at radius 1 is 1.00 bits per heavy atom. The first-order valence-corrected chi connectivity index (χ1v) is 13.0. The summed E-state index contributed by atoms with van der Waals surface area (Å²) >= 11 is 2.52. The van der Waals surface area contributed by atoms with Gasteiger partial charge in [0.25, 0.3) is 0 Å². The number of anilines is 4. The number of nitrogens with two attached hydrogens (primary N) is 2. The highest BCUT2D eigenvalue weighted by Gasteiger charge is 2.25. The van der Waals surface area contributed by atoms with Crippen molar-refractivity contribution in [2.75, 3.05) is 28.2 Å². The first-order chi connectivity index (χ1) is 17.7. The van der Waals surface area contributed by atoms with Crippen LogP contribution in [0.2, 0.25) is 0 Å². The van der Waals surface area contributed by atoms with Crippen LogP contribution in [0.25, 0.3) is 22.5 Å². The highest BCUT2D eigenvalue weighted by atomic mass is 32.1. The Bertz CT molecular complexity index is 1530. The highest BCUT2D eigenvalue weighted by molar-refractivity contribution is 7.17. The second kappa shape index (κ2) is 9.87. The van der Waals surface area contributed by atoms with E-state index in [1.807, 2.05) is 0 Å². The van der Waals surface area contributed by atoms with Gasteiger partial charge in [-0.3, -0.25) is 9.59 Å². The number of halogens is 2. The van der Waals surface area contributed by atoms with E-state index in [4.69, 9.17) is 11.5 Å². The van der Waals surface area contributed by atoms with Gasteiger partial charge in [-0.15, -0.1) is 22.7 Å². The average molecular weight is 541 g/mol. The summed E-state index contributed by atoms with van der Waals surface area (Å²) in [6, 6.07) is 9.08. The van der Waals surface area contributed by atoms with Crippen LogP contribution < -0.4 is 21.7 Å². The molecular weight excluding hydrogens is 518 g/mol. The summed E-state index contributed by atoms with van der Waals surface area (Å²) in [6.45, 7) is 1.79. The van der Waals surface area contributed by atoms with Gasteiger partial charge in [-0.1, -0.05) is 12.1 Å². The number of nitrogens with zero attached hydrogens (tertiary/aromatic N) is 3. The maximum atomic E-state index is 15.0. The Hall–Kier alpha value is -3.90. The van der Waals surface area contributed by atoms with Crippen LogP contribution in [0.1, 0.15) is 29.5 Å². The zero-order valence-electron chi connectivity index (χ0n) is 19.7. The van der Waals surface area contributed by atoms with Crippen molar-refractivity contribution in [3.63, 3.8) is 0 Å². The summed E-state index contributed by atoms with van der Waals surface area (Å²) in [5, 5.41) is 3.06. The van der Waals surface area contributed by atoms with Crippen LogP contribution in [0, 0.1) is 11.6 Å². The second-order valence-electron chi connectivity index (χ2n) is 8.52. The third-order valence-corrected chi connectivity index (χ3v) is 7.66. The number of benzene rings is 2. The van der Waals surface area contributed by atoms with Gasteiger partial charge in [0, 0.05) is 47.2 Å². The fraction of sp³-hybridized carbons (Fsp3) is 0.200. The number of rotatable bonds is 6. The maximum absolute atomic E-state index is 15.0. The van der Waals surface area contributed by atoms with E-state index in [1.54, 1.807) is 18.2 Å². The number of carbonyl (C=O) groups is 2. The predicted molar refractivity (Wildman–Crippen MR) is 143 cm³/mol. The Labute approximate surface area is 219 Å². The maximum Gasteiger partial charge on any atom is 0.227 e. The van der Waals surface area contributed by atoms with Crippen molar-refractivity contribution in [2.45, 2.75) is 26.2 Å². The van der Waals surface area contributed by atoms with Gasteiger partial charge in [0.1, 0.15) is 11.6 Å². The minimum atomic E-state index is -0.597. The van der Waals surface area contributed by atoms with E-state index in [2.05, 4.69) is 15.3 Å². The summed E-state index contributed by atoms with van der Waals surface area (Å²) in [4.78, 5) is 35.1. The molecule has 5 N–H and O–H groups in total. The van der Waals surface area contributed by atoms with Gasteiger partial charge >= 0.3 is 0 Å². The Morgan fingerprint density at radius 2 is 1.59 bits per heavy atom. The smallest absolute Gasteiger partial charge is 0.227 e. The topological polar surface area (TPSA) is 127 Å². The van der Waals surface area contributed by atoms with E-state index in [9.17, 15) is 14.0 Å². The van der Waals surface area contributed by atoms with Crippen LogP contribution in [0.5, 0.6) is 0 Å². The number of nitrogens with one attached hydrogen (secondary N) is 1. The molecule has 37 heavy (non-hydrogen) atoms. The van der Waals surface area contributed by atoms with Crippen molar-refractivity contribution >= 4 is 56.1 Å². The molecule has 8 nitrogen and oxygen atoms in total. The van der Waals surface area contributed by atoms with E-state index in [0.717, 1.165) is 9.75 Å². The number of thiazole rings is 2. The molecule has 1 saturated heterocycles. The zero-order valence-corrected chi connectivity index (χ0v) is 21.3. The predicted octanol–water partition coefficient (Wildman–Crippen LogP) is 5.05. The van der Waals surface area contributed by atoms with Crippen molar-refractivity contribution in [1.82, 2.24) is 9.97 Å². The minimum Gasteiger partial charge on any atom is -0.375 e. The number of amides is 2. The molecule has 1 aliphatic heterocycles. The van der Waals surface area contributed by atoms with E-state index in [1.165, 1.54) is 52.7 Å². The van der Waals surface area contributed by atoms with Gasteiger partial charge in [-0.2, -0.15) is 0 Å². The van der Waals surface area contributed by atoms with Crippen molar-refractivity contribution in [2.24, 2.45) is 0 Å². The van der Waals surface area contributed by atoms with Crippen LogP contribution in [0.3, 0.4) is 0 Å². The molecule has 2 aromatic carbocycles. The lowest BCUT2D eigenvalue weighted by Gasteiger charge is -2.17. The highest BCUT2D eigenvalue weighted by Crippen LogP contribution is 2.38. The van der Waals surface area contributed by atoms with Crippen molar-refractivity contribution in [3.05, 3.63) is 57.8 Å². The number of carbonyl (C=O) groups excluding carboxylic acids is 2. The Balaban J connectivity index is 1.47. The Kier molecular flexibility index (Phi) is 6.61. The monoisotopic (exact) mass is 540 g/mol. The van der Waals surface area contributed by atoms with Crippen molar-refractivity contribution < 1.29 is 18.4 Å². The molecule has 2 amide bonds. The Morgan fingerprint density at radius 3 is 2.11 bits per heavy atom. The molecule has 0 radical (unpaired) electrons. The number of hydrogen-bond acceptors (Lipinski definition) is 8. The van der Waals surface area contributed by atoms with Gasteiger partial charge in [0.15, 0.2) is 10.3 Å². The largest absolute Gasteiger partial charge is 0.375 e. The molecule has 1 aliphatic rings. The molecule has 4 aromatic rings. The molecule has 1 fully saturated rings. The molecule has 0 unspecified atom stereocenters. The lowest BCUT2D eigenvalue weighted by Crippen LogP contribution is -2.24. The lowest BCUT2D eigenvalue weighted by molar-refractivity contribution is -0.117. The standard InChI is InChI=1S/C25H22F2N6O2S2/c1-12(34)30-17-6-4-13(9-15(17)26)22-19(36-24(28)31-22)11-20-23(32-25(29)37-20)14-5-7-18(16(27)10-14)33-8-2-3-21(33)35/h4-7,9-10H,2-3,8,11H2,1H3,(H2,28,31)(H2,29,32)(H,30,34). The molecule has 2 aromatic heterocycles. The minimum absolute atomic E-state index is 0.0691. The number of nitrogen functional groups attached to an aromatic ring is 2. The normalized spacial score (nSPS) is 13.4. The van der Waals surface area contributed by atoms with Gasteiger partial charge in [0.05, 0.1) is 22.8 Å². The SMILES string of the molecule is CC(=O)Nc1ccc(-c2nc(N)sc2Cc2sc(N)nc2-c2ccc(N3CCCC3=O)c(F)c2)cc1F. The second-order valence-corrected chi connectivity index (χ2v) is 10.7. The summed E-state index contributed by atoms with van der Waals surface area (Å²) in [7, 11) is 0.